The SMILES string of the molecule is N#Cc1ccc2ncc(CNC[C@H]3CCO[C@@H]3c3ccccc3)n2c1. The van der Waals surface area contributed by atoms with Crippen molar-refractivity contribution in [3.8, 4) is 6.07 Å². The molecule has 1 aromatic carbocycles. The lowest BCUT2D eigenvalue weighted by atomic mass is 9.95. The van der Waals surface area contributed by atoms with Crippen LogP contribution in [0.15, 0.2) is 54.9 Å². The second-order valence-corrected chi connectivity index (χ2v) is 6.39. The summed E-state index contributed by atoms with van der Waals surface area (Å²) in [6, 6.07) is 16.3. The van der Waals surface area contributed by atoms with Crippen molar-refractivity contribution in [1.29, 1.82) is 5.26 Å². The number of benzene rings is 1. The van der Waals surface area contributed by atoms with E-state index in [1.807, 2.05) is 28.9 Å². The Morgan fingerprint density at radius 1 is 1.24 bits per heavy atom. The first-order valence-electron chi connectivity index (χ1n) is 8.58. The molecule has 5 heteroatoms. The molecule has 0 bridgehead atoms. The zero-order chi connectivity index (χ0) is 17.1. The molecule has 2 atom stereocenters. The van der Waals surface area contributed by atoms with E-state index in [2.05, 4.69) is 40.6 Å². The van der Waals surface area contributed by atoms with E-state index in [9.17, 15) is 0 Å². The predicted molar refractivity (Wildman–Crippen MR) is 94.9 cm³/mol. The van der Waals surface area contributed by atoms with Crippen molar-refractivity contribution >= 4 is 5.65 Å². The number of nitriles is 1. The molecule has 3 aromatic rings. The van der Waals surface area contributed by atoms with Gasteiger partial charge in [0.05, 0.1) is 23.6 Å². The number of pyridine rings is 1. The summed E-state index contributed by atoms with van der Waals surface area (Å²) in [6.45, 7) is 2.42. The molecule has 4 rings (SSSR count). The van der Waals surface area contributed by atoms with Crippen LogP contribution in [0.3, 0.4) is 0 Å². The Balaban J connectivity index is 1.42. The van der Waals surface area contributed by atoms with Crippen molar-refractivity contribution in [2.45, 2.75) is 19.1 Å². The molecular weight excluding hydrogens is 312 g/mol. The maximum atomic E-state index is 9.07. The number of hydrogen-bond acceptors (Lipinski definition) is 4. The normalized spacial score (nSPS) is 20.0. The molecule has 0 aliphatic carbocycles. The molecule has 0 saturated carbocycles. The molecule has 0 amide bonds. The van der Waals surface area contributed by atoms with Crippen molar-refractivity contribution < 1.29 is 4.74 Å². The van der Waals surface area contributed by atoms with Crippen LogP contribution in [-0.2, 0) is 11.3 Å². The van der Waals surface area contributed by atoms with Gasteiger partial charge in [0.1, 0.15) is 11.7 Å². The lowest BCUT2D eigenvalue weighted by molar-refractivity contribution is 0.0904. The minimum atomic E-state index is 0.168. The lowest BCUT2D eigenvalue weighted by Gasteiger charge is -2.19. The molecule has 5 nitrogen and oxygen atoms in total. The van der Waals surface area contributed by atoms with E-state index in [-0.39, 0.29) is 6.10 Å². The Hall–Kier alpha value is -2.68. The van der Waals surface area contributed by atoms with E-state index in [0.29, 0.717) is 18.0 Å². The van der Waals surface area contributed by atoms with Gasteiger partial charge in [-0.1, -0.05) is 30.3 Å². The lowest BCUT2D eigenvalue weighted by Crippen LogP contribution is -2.25. The molecule has 1 N–H and O–H groups in total. The second kappa shape index (κ2) is 7.06. The van der Waals surface area contributed by atoms with Gasteiger partial charge in [0, 0.05) is 31.8 Å². The van der Waals surface area contributed by atoms with Crippen LogP contribution in [0.25, 0.3) is 5.65 Å². The highest BCUT2D eigenvalue weighted by Gasteiger charge is 2.29. The van der Waals surface area contributed by atoms with Crippen molar-refractivity contribution in [1.82, 2.24) is 14.7 Å². The number of fused-ring (bicyclic) bond motifs is 1. The summed E-state index contributed by atoms with van der Waals surface area (Å²) in [5, 5.41) is 12.6. The summed E-state index contributed by atoms with van der Waals surface area (Å²) >= 11 is 0. The number of aromatic nitrogens is 2. The van der Waals surface area contributed by atoms with Gasteiger partial charge in [0.25, 0.3) is 0 Å². The van der Waals surface area contributed by atoms with E-state index >= 15 is 0 Å². The maximum absolute atomic E-state index is 9.07. The van der Waals surface area contributed by atoms with Crippen LogP contribution in [0.1, 0.15) is 29.3 Å². The fraction of sp³-hybridized carbons (Fsp3) is 0.300. The van der Waals surface area contributed by atoms with Gasteiger partial charge in [-0.05, 0) is 24.1 Å². The smallest absolute Gasteiger partial charge is 0.137 e. The zero-order valence-electron chi connectivity index (χ0n) is 13.9. The van der Waals surface area contributed by atoms with E-state index in [1.54, 1.807) is 6.07 Å². The summed E-state index contributed by atoms with van der Waals surface area (Å²) in [6.07, 6.45) is 4.94. The molecule has 1 aliphatic heterocycles. The molecule has 0 unspecified atom stereocenters. The Morgan fingerprint density at radius 3 is 2.96 bits per heavy atom. The van der Waals surface area contributed by atoms with Gasteiger partial charge in [-0.3, -0.25) is 0 Å². The summed E-state index contributed by atoms with van der Waals surface area (Å²) < 4.78 is 7.92. The van der Waals surface area contributed by atoms with Crippen molar-refractivity contribution in [2.24, 2.45) is 5.92 Å². The fourth-order valence-electron chi connectivity index (χ4n) is 3.47. The Labute approximate surface area is 146 Å². The van der Waals surface area contributed by atoms with Crippen LogP contribution < -0.4 is 5.32 Å². The molecule has 1 fully saturated rings. The van der Waals surface area contributed by atoms with Crippen molar-refractivity contribution in [3.05, 3.63) is 71.7 Å². The molecular formula is C20H20N4O. The number of hydrogen-bond donors (Lipinski definition) is 1. The molecule has 25 heavy (non-hydrogen) atoms. The van der Waals surface area contributed by atoms with Gasteiger partial charge < -0.3 is 14.5 Å². The fourth-order valence-corrected chi connectivity index (χ4v) is 3.47. The third-order valence-corrected chi connectivity index (χ3v) is 4.77. The van der Waals surface area contributed by atoms with Gasteiger partial charge in [0.15, 0.2) is 0 Å². The molecule has 0 spiro atoms. The first-order valence-corrected chi connectivity index (χ1v) is 8.58. The first-order chi connectivity index (χ1) is 12.3. The van der Waals surface area contributed by atoms with Crippen molar-refractivity contribution in [3.63, 3.8) is 0 Å². The van der Waals surface area contributed by atoms with Gasteiger partial charge in [0.2, 0.25) is 0 Å². The summed E-state index contributed by atoms with van der Waals surface area (Å²) in [5.41, 5.74) is 3.81. The number of nitrogens with one attached hydrogen (secondary N) is 1. The second-order valence-electron chi connectivity index (χ2n) is 6.39. The third-order valence-electron chi connectivity index (χ3n) is 4.77. The third kappa shape index (κ3) is 3.27. The van der Waals surface area contributed by atoms with E-state index in [4.69, 9.17) is 10.00 Å². The Morgan fingerprint density at radius 2 is 2.12 bits per heavy atom. The van der Waals surface area contributed by atoms with Gasteiger partial charge in [-0.25, -0.2) is 4.98 Å². The average Bonchev–Trinajstić information content (AvgIpc) is 3.29. The monoisotopic (exact) mass is 332 g/mol. The van der Waals surface area contributed by atoms with Crippen LogP contribution in [0, 0.1) is 17.2 Å². The topological polar surface area (TPSA) is 62.3 Å². The van der Waals surface area contributed by atoms with E-state index in [1.165, 1.54) is 5.56 Å². The minimum Gasteiger partial charge on any atom is -0.373 e. The zero-order valence-corrected chi connectivity index (χ0v) is 13.9. The largest absolute Gasteiger partial charge is 0.373 e. The maximum Gasteiger partial charge on any atom is 0.137 e. The summed E-state index contributed by atoms with van der Waals surface area (Å²) in [4.78, 5) is 4.40. The quantitative estimate of drug-likeness (QED) is 0.780. The summed E-state index contributed by atoms with van der Waals surface area (Å²) in [5.74, 6) is 0.469. The summed E-state index contributed by atoms with van der Waals surface area (Å²) in [7, 11) is 0. The Kier molecular flexibility index (Phi) is 4.47. The highest BCUT2D eigenvalue weighted by molar-refractivity contribution is 5.44. The minimum absolute atomic E-state index is 0.168. The van der Waals surface area contributed by atoms with Crippen LogP contribution >= 0.6 is 0 Å². The van der Waals surface area contributed by atoms with Gasteiger partial charge in [-0.2, -0.15) is 5.26 Å². The molecule has 2 aromatic heterocycles. The number of rotatable bonds is 5. The number of nitrogens with zero attached hydrogens (tertiary/aromatic N) is 3. The molecule has 0 radical (unpaired) electrons. The Bertz CT molecular complexity index is 897. The average molecular weight is 332 g/mol. The van der Waals surface area contributed by atoms with Crippen molar-refractivity contribution in [2.75, 3.05) is 13.2 Å². The molecule has 1 saturated heterocycles. The number of ether oxygens (including phenoxy) is 1. The van der Waals surface area contributed by atoms with Crippen LogP contribution in [0.4, 0.5) is 0 Å². The van der Waals surface area contributed by atoms with E-state index < -0.39 is 0 Å². The molecule has 126 valence electrons. The molecule has 3 heterocycles. The van der Waals surface area contributed by atoms with Gasteiger partial charge >= 0.3 is 0 Å². The van der Waals surface area contributed by atoms with Gasteiger partial charge in [-0.15, -0.1) is 0 Å². The predicted octanol–water partition coefficient (Wildman–Crippen LogP) is 3.07. The van der Waals surface area contributed by atoms with Crippen LogP contribution in [0.2, 0.25) is 0 Å². The first kappa shape index (κ1) is 15.8. The van der Waals surface area contributed by atoms with Crippen LogP contribution in [-0.4, -0.2) is 22.5 Å². The van der Waals surface area contributed by atoms with Crippen LogP contribution in [0.5, 0.6) is 0 Å². The van der Waals surface area contributed by atoms with E-state index in [0.717, 1.165) is 30.9 Å². The standard InChI is InChI=1S/C20H20N4O/c21-10-15-6-7-19-23-13-18(24(19)14-15)12-22-11-17-8-9-25-20(17)16-4-2-1-3-5-16/h1-7,13-14,17,20,22H,8-9,11-12H2/t17-,20-/m1/s1. The number of imidazole rings is 1. The molecule has 1 aliphatic rings. The highest BCUT2D eigenvalue weighted by Crippen LogP contribution is 2.33. The highest BCUT2D eigenvalue weighted by atomic mass is 16.5.